The maximum absolute atomic E-state index is 13.3. The third-order valence-electron chi connectivity index (χ3n) is 7.51. The first-order valence-electron chi connectivity index (χ1n) is 14.3. The number of carbonyl (C=O) groups is 3. The molecule has 224 valence electrons. The van der Waals surface area contributed by atoms with Gasteiger partial charge in [-0.05, 0) is 60.6 Å². The van der Waals surface area contributed by atoms with Crippen LogP contribution < -0.4 is 10.6 Å². The van der Waals surface area contributed by atoms with Crippen LogP contribution in [0.5, 0.6) is 0 Å². The third-order valence-corrected chi connectivity index (χ3v) is 8.00. The summed E-state index contributed by atoms with van der Waals surface area (Å²) in [6, 6.07) is 13.1. The number of ether oxygens (including phenoxy) is 1. The topological polar surface area (TPSA) is 108 Å². The average Bonchev–Trinajstić information content (AvgIpc) is 2.97. The number of benzene rings is 2. The summed E-state index contributed by atoms with van der Waals surface area (Å²) in [5.74, 6) is -0.151. The van der Waals surface area contributed by atoms with Crippen molar-refractivity contribution in [3.63, 3.8) is 0 Å². The van der Waals surface area contributed by atoms with E-state index in [-0.39, 0.29) is 32.0 Å². The number of carbonyl (C=O) groups excluding carboxylic acids is 3. The van der Waals surface area contributed by atoms with E-state index in [1.807, 2.05) is 24.3 Å². The van der Waals surface area contributed by atoms with Crippen molar-refractivity contribution in [1.29, 1.82) is 0 Å². The largest absolute Gasteiger partial charge is 0.445 e. The molecule has 2 aromatic carbocycles. The number of aliphatic hydroxyl groups excluding tert-OH is 1. The van der Waals surface area contributed by atoms with Gasteiger partial charge in [0.25, 0.3) is 0 Å². The molecule has 0 aromatic heterocycles. The molecule has 10 heteroatoms. The van der Waals surface area contributed by atoms with Crippen molar-refractivity contribution in [1.82, 2.24) is 15.5 Å². The predicted octanol–water partition coefficient (Wildman–Crippen LogP) is 5.52. The van der Waals surface area contributed by atoms with Crippen LogP contribution in [-0.2, 0) is 27.4 Å². The van der Waals surface area contributed by atoms with Gasteiger partial charge in [-0.1, -0.05) is 79.6 Å². The van der Waals surface area contributed by atoms with Crippen molar-refractivity contribution in [2.24, 2.45) is 5.92 Å². The molecule has 0 spiro atoms. The maximum Gasteiger partial charge on any atom is 0.408 e. The zero-order chi connectivity index (χ0) is 29.6. The van der Waals surface area contributed by atoms with Gasteiger partial charge in [-0.3, -0.25) is 9.59 Å². The fraction of sp³-hybridized carbons (Fsp3) is 0.516. The van der Waals surface area contributed by atoms with Crippen molar-refractivity contribution in [3.05, 3.63) is 69.7 Å². The number of nitrogens with zero attached hydrogens (tertiary/aromatic N) is 1. The van der Waals surface area contributed by atoms with Crippen LogP contribution in [0.4, 0.5) is 4.79 Å². The number of likely N-dealkylation sites (N-methyl/N-ethyl adjacent to an activating group) is 1. The Labute approximate surface area is 252 Å². The summed E-state index contributed by atoms with van der Waals surface area (Å²) in [7, 11) is 1.74. The summed E-state index contributed by atoms with van der Waals surface area (Å²) in [5, 5.41) is 16.7. The van der Waals surface area contributed by atoms with Crippen molar-refractivity contribution >= 4 is 41.1 Å². The van der Waals surface area contributed by atoms with E-state index >= 15 is 0 Å². The highest BCUT2D eigenvalue weighted by Crippen LogP contribution is 2.27. The Balaban J connectivity index is 1.51. The van der Waals surface area contributed by atoms with Gasteiger partial charge in [-0.25, -0.2) is 4.79 Å². The first kappa shape index (κ1) is 32.7. The smallest absolute Gasteiger partial charge is 0.408 e. The highest BCUT2D eigenvalue weighted by atomic mass is 35.5. The molecular weight excluding hydrogens is 565 g/mol. The number of alkyl carbamates (subject to hydrolysis) is 1. The number of aliphatic hydroxyl groups is 1. The molecular formula is C31H41Cl2N3O5. The number of hydrogen-bond acceptors (Lipinski definition) is 5. The van der Waals surface area contributed by atoms with Crippen molar-refractivity contribution in [2.45, 2.75) is 76.5 Å². The van der Waals surface area contributed by atoms with Gasteiger partial charge in [0.15, 0.2) is 0 Å². The molecule has 0 bridgehead atoms. The minimum Gasteiger partial charge on any atom is -0.445 e. The first-order valence-corrected chi connectivity index (χ1v) is 15.1. The van der Waals surface area contributed by atoms with Gasteiger partial charge in [0.1, 0.15) is 12.6 Å². The monoisotopic (exact) mass is 605 g/mol. The summed E-state index contributed by atoms with van der Waals surface area (Å²) in [5.41, 5.74) is 1.82. The Hall–Kier alpha value is -2.81. The SMILES string of the molecule is CN(CCc1ccc(Cl)cc1)C(=O)CCC(CO)NC(=O)C(CC1CCCCC1)NC(=O)OCc1cccc(Cl)c1. The van der Waals surface area contributed by atoms with E-state index < -0.39 is 24.1 Å². The van der Waals surface area contributed by atoms with Crippen LogP contribution in [0, 0.1) is 5.92 Å². The van der Waals surface area contributed by atoms with E-state index in [4.69, 9.17) is 27.9 Å². The molecule has 0 saturated heterocycles. The van der Waals surface area contributed by atoms with Crippen LogP contribution in [-0.4, -0.2) is 60.2 Å². The van der Waals surface area contributed by atoms with Gasteiger partial charge in [0.2, 0.25) is 11.8 Å². The number of halogens is 2. The van der Waals surface area contributed by atoms with Gasteiger partial charge in [0, 0.05) is 30.1 Å². The zero-order valence-corrected chi connectivity index (χ0v) is 25.1. The zero-order valence-electron chi connectivity index (χ0n) is 23.6. The van der Waals surface area contributed by atoms with Gasteiger partial charge >= 0.3 is 6.09 Å². The van der Waals surface area contributed by atoms with E-state index in [9.17, 15) is 19.5 Å². The van der Waals surface area contributed by atoms with Gasteiger partial charge in [0.05, 0.1) is 12.6 Å². The molecule has 2 unspecified atom stereocenters. The lowest BCUT2D eigenvalue weighted by atomic mass is 9.84. The molecule has 0 aliphatic heterocycles. The van der Waals surface area contributed by atoms with E-state index in [2.05, 4.69) is 10.6 Å². The highest BCUT2D eigenvalue weighted by molar-refractivity contribution is 6.30. The van der Waals surface area contributed by atoms with Crippen molar-refractivity contribution in [2.75, 3.05) is 20.2 Å². The lowest BCUT2D eigenvalue weighted by Gasteiger charge is -2.28. The van der Waals surface area contributed by atoms with E-state index in [1.165, 1.54) is 6.42 Å². The summed E-state index contributed by atoms with van der Waals surface area (Å²) < 4.78 is 5.36. The minimum atomic E-state index is -0.809. The average molecular weight is 607 g/mol. The second-order valence-corrected chi connectivity index (χ2v) is 11.6. The maximum atomic E-state index is 13.3. The van der Waals surface area contributed by atoms with Crippen LogP contribution in [0.2, 0.25) is 10.0 Å². The standard InChI is InChI=1S/C31H41Cl2N3O5/c1-36(17-16-22-10-12-25(32)13-11-22)29(38)15-14-27(20-37)34-30(39)28(19-23-6-3-2-4-7-23)35-31(40)41-21-24-8-5-9-26(33)18-24/h5,8-13,18,23,27-28,37H,2-4,6-7,14-17,19-21H2,1H3,(H,34,39)(H,35,40). The minimum absolute atomic E-state index is 0.0249. The number of amides is 3. The highest BCUT2D eigenvalue weighted by Gasteiger charge is 2.28. The lowest BCUT2D eigenvalue weighted by Crippen LogP contribution is -2.51. The molecule has 8 nitrogen and oxygen atoms in total. The molecule has 3 amide bonds. The number of hydrogen-bond donors (Lipinski definition) is 3. The van der Waals surface area contributed by atoms with E-state index in [1.54, 1.807) is 36.2 Å². The molecule has 1 aliphatic rings. The van der Waals surface area contributed by atoms with Crippen LogP contribution in [0.25, 0.3) is 0 Å². The fourth-order valence-electron chi connectivity index (χ4n) is 5.02. The first-order chi connectivity index (χ1) is 19.7. The Morgan fingerprint density at radius 2 is 1.73 bits per heavy atom. The fourth-order valence-corrected chi connectivity index (χ4v) is 5.36. The summed E-state index contributed by atoms with van der Waals surface area (Å²) in [6.45, 7) is 0.251. The predicted molar refractivity (Wildman–Crippen MR) is 161 cm³/mol. The third kappa shape index (κ3) is 11.9. The van der Waals surface area contributed by atoms with Crippen molar-refractivity contribution < 1.29 is 24.2 Å². The summed E-state index contributed by atoms with van der Waals surface area (Å²) in [4.78, 5) is 40.3. The normalized spacial score (nSPS) is 15.0. The molecule has 3 N–H and O–H groups in total. The number of nitrogens with one attached hydrogen (secondary N) is 2. The molecule has 2 aromatic rings. The molecule has 1 saturated carbocycles. The summed E-state index contributed by atoms with van der Waals surface area (Å²) >= 11 is 11.9. The molecule has 0 radical (unpaired) electrons. The second-order valence-electron chi connectivity index (χ2n) is 10.8. The number of rotatable bonds is 14. The van der Waals surface area contributed by atoms with Crippen molar-refractivity contribution in [3.8, 4) is 0 Å². The van der Waals surface area contributed by atoms with Crippen LogP contribution in [0.1, 0.15) is 62.5 Å². The molecule has 1 fully saturated rings. The lowest BCUT2D eigenvalue weighted by molar-refractivity contribution is -0.130. The van der Waals surface area contributed by atoms with E-state index in [0.29, 0.717) is 35.3 Å². The van der Waals surface area contributed by atoms with Crippen LogP contribution in [0.15, 0.2) is 48.5 Å². The van der Waals surface area contributed by atoms with Gasteiger partial charge < -0.3 is 25.4 Å². The molecule has 41 heavy (non-hydrogen) atoms. The molecule has 1 aliphatic carbocycles. The van der Waals surface area contributed by atoms with Gasteiger partial charge in [-0.2, -0.15) is 0 Å². The molecule has 2 atom stereocenters. The van der Waals surface area contributed by atoms with Gasteiger partial charge in [-0.15, -0.1) is 0 Å². The van der Waals surface area contributed by atoms with Crippen LogP contribution in [0.3, 0.4) is 0 Å². The molecule has 3 rings (SSSR count). The van der Waals surface area contributed by atoms with Crippen LogP contribution >= 0.6 is 23.2 Å². The Morgan fingerprint density at radius 3 is 2.41 bits per heavy atom. The Kier molecular flexibility index (Phi) is 13.7. The van der Waals surface area contributed by atoms with E-state index in [0.717, 1.165) is 36.8 Å². The second kappa shape index (κ2) is 17.2. The Bertz CT molecular complexity index is 1120. The molecule has 0 heterocycles. The quantitative estimate of drug-likeness (QED) is 0.263. The summed E-state index contributed by atoms with van der Waals surface area (Å²) in [6.07, 6.45) is 6.33. The Morgan fingerprint density at radius 1 is 1.00 bits per heavy atom.